The molecule has 1 aromatic heterocycles. The van der Waals surface area contributed by atoms with E-state index >= 15 is 0 Å². The highest BCUT2D eigenvalue weighted by Crippen LogP contribution is 2.27. The van der Waals surface area contributed by atoms with Crippen molar-refractivity contribution in [1.29, 1.82) is 0 Å². The van der Waals surface area contributed by atoms with Crippen molar-refractivity contribution in [2.45, 2.75) is 26.2 Å². The number of nitrogens with one attached hydrogen (secondary N) is 2. The molecular formula is C26H30Cl2N6O2. The van der Waals surface area contributed by atoms with E-state index in [0.29, 0.717) is 53.3 Å². The smallest absolute Gasteiger partial charge is 0.324 e. The number of piperazine rings is 1. The summed E-state index contributed by atoms with van der Waals surface area (Å²) in [5, 5.41) is 10.9. The lowest BCUT2D eigenvalue weighted by Crippen LogP contribution is -2.48. The van der Waals surface area contributed by atoms with E-state index in [9.17, 15) is 9.59 Å². The third-order valence-corrected chi connectivity index (χ3v) is 6.75. The Hall–Kier alpha value is -3.23. The van der Waals surface area contributed by atoms with Crippen molar-refractivity contribution in [2.24, 2.45) is 7.05 Å². The van der Waals surface area contributed by atoms with Crippen LogP contribution < -0.4 is 15.5 Å². The van der Waals surface area contributed by atoms with E-state index in [2.05, 4.69) is 41.4 Å². The summed E-state index contributed by atoms with van der Waals surface area (Å²) in [6.07, 6.45) is 0. The Morgan fingerprint density at radius 2 is 1.53 bits per heavy atom. The van der Waals surface area contributed by atoms with Gasteiger partial charge in [0.25, 0.3) is 5.91 Å². The van der Waals surface area contributed by atoms with Crippen LogP contribution in [0.15, 0.2) is 48.5 Å². The normalized spacial score (nSPS) is 14.1. The second-order valence-electron chi connectivity index (χ2n) is 9.79. The Bertz CT molecular complexity index is 1240. The molecule has 36 heavy (non-hydrogen) atoms. The quantitative estimate of drug-likeness (QED) is 0.459. The number of carbonyl (C=O) groups is 2. The first-order chi connectivity index (χ1) is 17.0. The van der Waals surface area contributed by atoms with Gasteiger partial charge in [0, 0.05) is 56.1 Å². The largest absolute Gasteiger partial charge is 0.368 e. The third-order valence-electron chi connectivity index (χ3n) is 6.12. The highest BCUT2D eigenvalue weighted by Gasteiger charge is 2.25. The average Bonchev–Trinajstić information content (AvgIpc) is 3.20. The number of urea groups is 1. The topological polar surface area (TPSA) is 82.5 Å². The molecule has 190 valence electrons. The molecule has 0 bridgehead atoms. The van der Waals surface area contributed by atoms with Crippen LogP contribution in [0.5, 0.6) is 0 Å². The van der Waals surface area contributed by atoms with Crippen molar-refractivity contribution in [1.82, 2.24) is 14.7 Å². The van der Waals surface area contributed by atoms with Crippen molar-refractivity contribution in [3.63, 3.8) is 0 Å². The summed E-state index contributed by atoms with van der Waals surface area (Å²) in [6.45, 7) is 8.70. The van der Waals surface area contributed by atoms with Crippen LogP contribution in [-0.4, -0.2) is 52.8 Å². The van der Waals surface area contributed by atoms with E-state index in [-0.39, 0.29) is 17.4 Å². The zero-order valence-electron chi connectivity index (χ0n) is 20.8. The van der Waals surface area contributed by atoms with Gasteiger partial charge in [-0.25, -0.2) is 4.79 Å². The van der Waals surface area contributed by atoms with Gasteiger partial charge in [-0.2, -0.15) is 5.10 Å². The Balaban J connectivity index is 1.32. The monoisotopic (exact) mass is 528 g/mol. The SMILES string of the molecule is Cn1nc(C(C)(C)C)cc1NC(=O)Nc1ccc(N2CCN(C(=O)c3c(Cl)cccc3Cl)CC2)cc1. The van der Waals surface area contributed by atoms with Gasteiger partial charge in [0.05, 0.1) is 21.3 Å². The molecule has 2 heterocycles. The summed E-state index contributed by atoms with van der Waals surface area (Å²) in [6, 6.07) is 14.3. The Morgan fingerprint density at radius 1 is 0.917 bits per heavy atom. The number of benzene rings is 2. The molecule has 3 amide bonds. The van der Waals surface area contributed by atoms with Crippen molar-refractivity contribution >= 4 is 52.3 Å². The minimum absolute atomic E-state index is 0.107. The van der Waals surface area contributed by atoms with Gasteiger partial charge in [-0.15, -0.1) is 0 Å². The van der Waals surface area contributed by atoms with Gasteiger partial charge in [-0.05, 0) is 36.4 Å². The third kappa shape index (κ3) is 5.77. The van der Waals surface area contributed by atoms with Crippen LogP contribution in [0, 0.1) is 0 Å². The number of nitrogens with zero attached hydrogens (tertiary/aromatic N) is 4. The molecule has 2 aromatic carbocycles. The van der Waals surface area contributed by atoms with Crippen molar-refractivity contribution in [2.75, 3.05) is 41.7 Å². The Morgan fingerprint density at radius 3 is 2.08 bits per heavy atom. The summed E-state index contributed by atoms with van der Waals surface area (Å²) in [4.78, 5) is 29.4. The Kier molecular flexibility index (Phi) is 7.47. The van der Waals surface area contributed by atoms with E-state index in [0.717, 1.165) is 11.4 Å². The molecule has 1 fully saturated rings. The van der Waals surface area contributed by atoms with E-state index in [4.69, 9.17) is 23.2 Å². The predicted molar refractivity (Wildman–Crippen MR) is 146 cm³/mol. The first-order valence-electron chi connectivity index (χ1n) is 11.7. The summed E-state index contributed by atoms with van der Waals surface area (Å²) in [5.74, 6) is 0.471. The molecule has 8 nitrogen and oxygen atoms in total. The van der Waals surface area contributed by atoms with E-state index < -0.39 is 0 Å². The van der Waals surface area contributed by atoms with E-state index in [1.54, 1.807) is 34.8 Å². The number of carbonyl (C=O) groups excluding carboxylic acids is 2. The van der Waals surface area contributed by atoms with E-state index in [1.807, 2.05) is 30.3 Å². The van der Waals surface area contributed by atoms with Gasteiger partial charge < -0.3 is 15.1 Å². The van der Waals surface area contributed by atoms with Crippen molar-refractivity contribution < 1.29 is 9.59 Å². The number of anilines is 3. The number of hydrogen-bond donors (Lipinski definition) is 2. The summed E-state index contributed by atoms with van der Waals surface area (Å²) < 4.78 is 1.66. The van der Waals surface area contributed by atoms with Gasteiger partial charge in [-0.3, -0.25) is 14.8 Å². The fraction of sp³-hybridized carbons (Fsp3) is 0.346. The highest BCUT2D eigenvalue weighted by molar-refractivity contribution is 6.39. The fourth-order valence-corrected chi connectivity index (χ4v) is 4.57. The van der Waals surface area contributed by atoms with Crippen LogP contribution in [0.1, 0.15) is 36.8 Å². The maximum absolute atomic E-state index is 12.9. The first kappa shape index (κ1) is 25.9. The molecule has 4 rings (SSSR count). The van der Waals surface area contributed by atoms with Gasteiger partial charge in [-0.1, -0.05) is 50.0 Å². The lowest BCUT2D eigenvalue weighted by molar-refractivity contribution is 0.0747. The summed E-state index contributed by atoms with van der Waals surface area (Å²) >= 11 is 12.4. The summed E-state index contributed by atoms with van der Waals surface area (Å²) in [5.41, 5.74) is 2.84. The van der Waals surface area contributed by atoms with Crippen LogP contribution in [-0.2, 0) is 12.5 Å². The second kappa shape index (κ2) is 10.4. The molecule has 10 heteroatoms. The van der Waals surface area contributed by atoms with Gasteiger partial charge in [0.1, 0.15) is 5.82 Å². The number of aromatic nitrogens is 2. The molecule has 0 saturated carbocycles. The molecule has 0 atom stereocenters. The minimum Gasteiger partial charge on any atom is -0.368 e. The van der Waals surface area contributed by atoms with Crippen LogP contribution in [0.2, 0.25) is 10.0 Å². The molecule has 2 N–H and O–H groups in total. The molecule has 0 unspecified atom stereocenters. The molecule has 0 radical (unpaired) electrons. The number of aryl methyl sites for hydroxylation is 1. The zero-order valence-corrected chi connectivity index (χ0v) is 22.3. The molecule has 1 aliphatic heterocycles. The van der Waals surface area contributed by atoms with Gasteiger partial charge in [0.15, 0.2) is 0 Å². The molecule has 1 aliphatic rings. The number of hydrogen-bond acceptors (Lipinski definition) is 4. The number of amides is 3. The average molecular weight is 529 g/mol. The maximum atomic E-state index is 12.9. The number of rotatable bonds is 4. The molecule has 0 aliphatic carbocycles. The van der Waals surface area contributed by atoms with Gasteiger partial charge >= 0.3 is 6.03 Å². The molecule has 1 saturated heterocycles. The number of halogens is 2. The van der Waals surface area contributed by atoms with E-state index in [1.165, 1.54) is 0 Å². The second-order valence-corrected chi connectivity index (χ2v) is 10.6. The lowest BCUT2D eigenvalue weighted by atomic mass is 9.92. The summed E-state index contributed by atoms with van der Waals surface area (Å²) in [7, 11) is 1.80. The van der Waals surface area contributed by atoms with Crippen LogP contribution in [0.4, 0.5) is 22.0 Å². The zero-order chi connectivity index (χ0) is 26.0. The van der Waals surface area contributed by atoms with Crippen molar-refractivity contribution in [3.05, 3.63) is 69.8 Å². The first-order valence-corrected chi connectivity index (χ1v) is 12.5. The Labute approximate surface area is 221 Å². The molecule has 3 aromatic rings. The maximum Gasteiger partial charge on any atom is 0.324 e. The predicted octanol–water partition coefficient (Wildman–Crippen LogP) is 5.63. The molecule has 0 spiro atoms. The lowest BCUT2D eigenvalue weighted by Gasteiger charge is -2.36. The van der Waals surface area contributed by atoms with Crippen LogP contribution in [0.25, 0.3) is 0 Å². The van der Waals surface area contributed by atoms with Crippen LogP contribution in [0.3, 0.4) is 0 Å². The highest BCUT2D eigenvalue weighted by atomic mass is 35.5. The van der Waals surface area contributed by atoms with Crippen LogP contribution >= 0.6 is 23.2 Å². The fourth-order valence-electron chi connectivity index (χ4n) is 4.01. The molecular weight excluding hydrogens is 499 g/mol. The minimum atomic E-state index is -0.337. The van der Waals surface area contributed by atoms with Crippen molar-refractivity contribution in [3.8, 4) is 0 Å². The standard InChI is InChI=1S/C26H30Cl2N6O2/c1-26(2,3)21-16-22(32(4)31-21)30-25(36)29-17-8-10-18(11-9-17)33-12-14-34(15-13-33)24(35)23-19(27)6-5-7-20(23)28/h5-11,16H,12-15H2,1-4H3,(H2,29,30,36). The van der Waals surface area contributed by atoms with Gasteiger partial charge in [0.2, 0.25) is 0 Å².